The van der Waals surface area contributed by atoms with Crippen LogP contribution in [0.25, 0.3) is 6.08 Å². The van der Waals surface area contributed by atoms with Crippen molar-refractivity contribution in [2.24, 2.45) is 0 Å². The number of non-ortho nitro benzene ring substituents is 1. The first-order chi connectivity index (χ1) is 14.4. The number of hydrogen-bond donors (Lipinski definition) is 1. The fourth-order valence-electron chi connectivity index (χ4n) is 3.45. The van der Waals surface area contributed by atoms with Crippen LogP contribution < -0.4 is 5.32 Å². The minimum absolute atomic E-state index is 0.0283. The Morgan fingerprint density at radius 3 is 2.53 bits per heavy atom. The van der Waals surface area contributed by atoms with E-state index in [9.17, 15) is 19.7 Å². The SMILES string of the molecule is C[C@H](NC(=O)COC(=O)/C=C/c1ccc([N+](=O)[O-])cc1)c1ccc2c(c1)CCCC2. The van der Waals surface area contributed by atoms with Gasteiger partial charge in [0, 0.05) is 18.2 Å². The molecule has 0 fully saturated rings. The Kier molecular flexibility index (Phi) is 6.95. The van der Waals surface area contributed by atoms with E-state index < -0.39 is 10.9 Å². The third kappa shape index (κ3) is 5.76. The standard InChI is InChI=1S/C23H24N2O5/c1-16(19-10-9-18-4-2-3-5-20(18)14-19)24-22(26)15-30-23(27)13-8-17-6-11-21(12-7-17)25(28)29/h6-14,16H,2-5,15H2,1H3,(H,24,26)/b13-8+/t16-/m0/s1. The van der Waals surface area contributed by atoms with Gasteiger partial charge in [-0.15, -0.1) is 0 Å². The molecule has 1 atom stereocenters. The van der Waals surface area contributed by atoms with Crippen molar-refractivity contribution in [2.45, 2.75) is 38.6 Å². The second-order valence-electron chi connectivity index (χ2n) is 7.31. The molecule has 30 heavy (non-hydrogen) atoms. The Bertz CT molecular complexity index is 966. The Balaban J connectivity index is 1.46. The highest BCUT2D eigenvalue weighted by molar-refractivity contribution is 5.89. The summed E-state index contributed by atoms with van der Waals surface area (Å²) in [6.07, 6.45) is 7.26. The predicted octanol–water partition coefficient (Wildman–Crippen LogP) is 3.91. The molecule has 2 aromatic carbocycles. The number of fused-ring (bicyclic) bond motifs is 1. The molecule has 7 nitrogen and oxygen atoms in total. The van der Waals surface area contributed by atoms with Crippen LogP contribution >= 0.6 is 0 Å². The molecule has 0 unspecified atom stereocenters. The van der Waals surface area contributed by atoms with Gasteiger partial charge >= 0.3 is 5.97 Å². The maximum atomic E-state index is 12.1. The highest BCUT2D eigenvalue weighted by Gasteiger charge is 2.15. The van der Waals surface area contributed by atoms with Gasteiger partial charge < -0.3 is 10.1 Å². The van der Waals surface area contributed by atoms with Gasteiger partial charge in [0.1, 0.15) is 0 Å². The summed E-state index contributed by atoms with van der Waals surface area (Å²) in [5.74, 6) is -1.04. The highest BCUT2D eigenvalue weighted by atomic mass is 16.6. The van der Waals surface area contributed by atoms with Crippen LogP contribution in [0.4, 0.5) is 5.69 Å². The largest absolute Gasteiger partial charge is 0.452 e. The molecule has 1 aliphatic carbocycles. The molecule has 0 radical (unpaired) electrons. The van der Waals surface area contributed by atoms with Crippen LogP contribution in [0.2, 0.25) is 0 Å². The van der Waals surface area contributed by atoms with Gasteiger partial charge in [0.15, 0.2) is 6.61 Å². The molecule has 0 aromatic heterocycles. The Morgan fingerprint density at radius 2 is 1.83 bits per heavy atom. The van der Waals surface area contributed by atoms with Crippen molar-refractivity contribution < 1.29 is 19.2 Å². The van der Waals surface area contributed by atoms with Crippen LogP contribution in [0.1, 0.15) is 48.1 Å². The number of rotatable bonds is 7. The fourth-order valence-corrected chi connectivity index (χ4v) is 3.45. The topological polar surface area (TPSA) is 98.5 Å². The summed E-state index contributed by atoms with van der Waals surface area (Å²) in [6.45, 7) is 1.53. The van der Waals surface area contributed by atoms with Gasteiger partial charge in [-0.2, -0.15) is 0 Å². The number of nitrogens with one attached hydrogen (secondary N) is 1. The maximum absolute atomic E-state index is 12.1. The van der Waals surface area contributed by atoms with E-state index >= 15 is 0 Å². The van der Waals surface area contributed by atoms with E-state index in [4.69, 9.17) is 4.74 Å². The summed E-state index contributed by atoms with van der Waals surface area (Å²) in [7, 11) is 0. The first-order valence-corrected chi connectivity index (χ1v) is 9.93. The van der Waals surface area contributed by atoms with Crippen LogP contribution in [0.5, 0.6) is 0 Å². The molecule has 7 heteroatoms. The second kappa shape index (κ2) is 9.82. The van der Waals surface area contributed by atoms with Crippen molar-refractivity contribution in [1.82, 2.24) is 5.32 Å². The number of nitro benzene ring substituents is 1. The van der Waals surface area contributed by atoms with Gasteiger partial charge in [-0.05, 0) is 73.1 Å². The molecule has 1 amide bonds. The molecule has 156 valence electrons. The van der Waals surface area contributed by atoms with Gasteiger partial charge in [0.2, 0.25) is 0 Å². The van der Waals surface area contributed by atoms with Gasteiger partial charge in [-0.1, -0.05) is 18.2 Å². The van der Waals surface area contributed by atoms with E-state index in [1.807, 2.05) is 13.0 Å². The molecule has 0 heterocycles. The number of aryl methyl sites for hydroxylation is 2. The zero-order valence-corrected chi connectivity index (χ0v) is 16.8. The van der Waals surface area contributed by atoms with E-state index in [1.54, 1.807) is 0 Å². The fraction of sp³-hybridized carbons (Fsp3) is 0.304. The monoisotopic (exact) mass is 408 g/mol. The average molecular weight is 408 g/mol. The lowest BCUT2D eigenvalue weighted by molar-refractivity contribution is -0.384. The number of carbonyl (C=O) groups is 2. The molecule has 1 N–H and O–H groups in total. The quantitative estimate of drug-likeness (QED) is 0.324. The Hall–Kier alpha value is -3.48. The summed E-state index contributed by atoms with van der Waals surface area (Å²) in [6, 6.07) is 11.9. The number of esters is 1. The van der Waals surface area contributed by atoms with Gasteiger partial charge in [0.25, 0.3) is 11.6 Å². The molecule has 0 saturated carbocycles. The van der Waals surface area contributed by atoms with Crippen LogP contribution in [0, 0.1) is 10.1 Å². The van der Waals surface area contributed by atoms with Gasteiger partial charge in [-0.25, -0.2) is 4.79 Å². The maximum Gasteiger partial charge on any atom is 0.331 e. The Labute approximate surface area is 174 Å². The predicted molar refractivity (Wildman–Crippen MR) is 113 cm³/mol. The van der Waals surface area contributed by atoms with Crippen molar-refractivity contribution in [1.29, 1.82) is 0 Å². The smallest absolute Gasteiger partial charge is 0.331 e. The highest BCUT2D eigenvalue weighted by Crippen LogP contribution is 2.24. The lowest BCUT2D eigenvalue weighted by Crippen LogP contribution is -2.31. The molecule has 3 rings (SSSR count). The normalized spacial score (nSPS) is 14.0. The number of ether oxygens (including phenoxy) is 1. The molecular formula is C23H24N2O5. The molecule has 0 saturated heterocycles. The van der Waals surface area contributed by atoms with Crippen LogP contribution in [0.3, 0.4) is 0 Å². The first-order valence-electron chi connectivity index (χ1n) is 9.93. The molecule has 0 bridgehead atoms. The van der Waals surface area contributed by atoms with Crippen molar-refractivity contribution >= 4 is 23.6 Å². The number of benzene rings is 2. The van der Waals surface area contributed by atoms with Gasteiger partial charge in [0.05, 0.1) is 11.0 Å². The van der Waals surface area contributed by atoms with Crippen molar-refractivity contribution in [3.8, 4) is 0 Å². The average Bonchev–Trinajstić information content (AvgIpc) is 2.76. The number of nitrogens with zero attached hydrogens (tertiary/aromatic N) is 1. The van der Waals surface area contributed by atoms with Crippen molar-refractivity contribution in [2.75, 3.05) is 6.61 Å². The molecule has 0 aliphatic heterocycles. The third-order valence-electron chi connectivity index (χ3n) is 5.11. The Morgan fingerprint density at radius 1 is 1.13 bits per heavy atom. The molecule has 1 aliphatic rings. The first kappa shape index (κ1) is 21.2. The lowest BCUT2D eigenvalue weighted by atomic mass is 9.89. The third-order valence-corrected chi connectivity index (χ3v) is 5.11. The summed E-state index contributed by atoms with van der Waals surface area (Å²) < 4.78 is 4.97. The van der Waals surface area contributed by atoms with E-state index in [2.05, 4.69) is 17.4 Å². The number of carbonyl (C=O) groups excluding carboxylic acids is 2. The van der Waals surface area contributed by atoms with E-state index in [1.165, 1.54) is 60.4 Å². The number of hydrogen-bond acceptors (Lipinski definition) is 5. The van der Waals surface area contributed by atoms with Crippen LogP contribution in [-0.2, 0) is 27.2 Å². The number of amides is 1. The van der Waals surface area contributed by atoms with E-state index in [-0.39, 0.29) is 24.2 Å². The molecular weight excluding hydrogens is 384 g/mol. The lowest BCUT2D eigenvalue weighted by Gasteiger charge is -2.20. The van der Waals surface area contributed by atoms with Crippen molar-refractivity contribution in [3.05, 3.63) is 80.9 Å². The minimum Gasteiger partial charge on any atom is -0.452 e. The van der Waals surface area contributed by atoms with Crippen molar-refractivity contribution in [3.63, 3.8) is 0 Å². The van der Waals surface area contributed by atoms with Crippen LogP contribution in [0.15, 0.2) is 48.5 Å². The number of nitro groups is 1. The zero-order valence-electron chi connectivity index (χ0n) is 16.8. The van der Waals surface area contributed by atoms with E-state index in [0.29, 0.717) is 5.56 Å². The minimum atomic E-state index is -0.662. The second-order valence-corrected chi connectivity index (χ2v) is 7.31. The van der Waals surface area contributed by atoms with E-state index in [0.717, 1.165) is 18.4 Å². The summed E-state index contributed by atoms with van der Waals surface area (Å²) >= 11 is 0. The summed E-state index contributed by atoms with van der Waals surface area (Å²) in [4.78, 5) is 34.1. The van der Waals surface area contributed by atoms with Crippen LogP contribution in [-0.4, -0.2) is 23.4 Å². The molecule has 0 spiro atoms. The summed E-state index contributed by atoms with van der Waals surface area (Å²) in [5, 5.41) is 13.5. The van der Waals surface area contributed by atoms with Gasteiger partial charge in [-0.3, -0.25) is 14.9 Å². The summed E-state index contributed by atoms with van der Waals surface area (Å²) in [5.41, 5.74) is 4.36. The molecule has 2 aromatic rings. The zero-order chi connectivity index (χ0) is 21.5.